The van der Waals surface area contributed by atoms with Gasteiger partial charge in [-0.2, -0.15) is 0 Å². The zero-order chi connectivity index (χ0) is 20.9. The van der Waals surface area contributed by atoms with Gasteiger partial charge in [0.15, 0.2) is 0 Å². The number of aromatic nitrogens is 2. The Morgan fingerprint density at radius 3 is 2.70 bits per heavy atom. The van der Waals surface area contributed by atoms with Gasteiger partial charge in [-0.05, 0) is 49.2 Å². The van der Waals surface area contributed by atoms with Crippen LogP contribution in [0.5, 0.6) is 0 Å². The lowest BCUT2D eigenvalue weighted by atomic mass is 10.1. The van der Waals surface area contributed by atoms with E-state index in [1.807, 2.05) is 6.07 Å². The highest BCUT2D eigenvalue weighted by molar-refractivity contribution is 6.30. The van der Waals surface area contributed by atoms with Crippen LogP contribution in [0.4, 0.5) is 21.5 Å². The molecule has 1 fully saturated rings. The molecule has 3 heterocycles. The van der Waals surface area contributed by atoms with Crippen LogP contribution in [0.25, 0.3) is 11.3 Å². The number of nitrogens with one attached hydrogen (secondary N) is 3. The topological polar surface area (TPSA) is 82.9 Å². The number of anilines is 3. The molecule has 3 N–H and O–H groups in total. The molecule has 154 valence electrons. The van der Waals surface area contributed by atoms with Crippen LogP contribution in [0.2, 0.25) is 5.02 Å². The fraction of sp³-hybridized carbons (Fsp3) is 0.227. The molecule has 1 saturated heterocycles. The van der Waals surface area contributed by atoms with E-state index in [0.29, 0.717) is 35.2 Å². The molecule has 0 atom stereocenters. The Kier molecular flexibility index (Phi) is 6.21. The lowest BCUT2D eigenvalue weighted by Crippen LogP contribution is -2.28. The molecule has 1 aliphatic rings. The Morgan fingerprint density at radius 1 is 1.10 bits per heavy atom. The average Bonchev–Trinajstić information content (AvgIpc) is 2.77. The molecule has 6 nitrogen and oxygen atoms in total. The van der Waals surface area contributed by atoms with E-state index in [2.05, 4.69) is 20.6 Å². The van der Waals surface area contributed by atoms with Crippen molar-refractivity contribution in [3.8, 4) is 11.3 Å². The van der Waals surface area contributed by atoms with Crippen molar-refractivity contribution >= 4 is 34.9 Å². The number of hydrogen-bond acceptors (Lipinski definition) is 6. The van der Waals surface area contributed by atoms with Crippen molar-refractivity contribution in [2.24, 2.45) is 0 Å². The minimum absolute atomic E-state index is 0.246. The van der Waals surface area contributed by atoms with Gasteiger partial charge in [0, 0.05) is 54.1 Å². The van der Waals surface area contributed by atoms with E-state index >= 15 is 0 Å². The van der Waals surface area contributed by atoms with Gasteiger partial charge in [-0.25, -0.2) is 4.39 Å². The highest BCUT2D eigenvalue weighted by Crippen LogP contribution is 2.31. The van der Waals surface area contributed by atoms with Crippen LogP contribution in [0, 0.1) is 11.2 Å². The smallest absolute Gasteiger partial charge is 0.132 e. The monoisotopic (exact) mass is 425 g/mol. The van der Waals surface area contributed by atoms with Gasteiger partial charge < -0.3 is 20.8 Å². The lowest BCUT2D eigenvalue weighted by Gasteiger charge is -2.26. The number of rotatable bonds is 6. The minimum atomic E-state index is -0.388. The third kappa shape index (κ3) is 4.58. The van der Waals surface area contributed by atoms with E-state index < -0.39 is 0 Å². The van der Waals surface area contributed by atoms with Gasteiger partial charge in [-0.1, -0.05) is 11.6 Å². The normalized spacial score (nSPS) is 14.3. The maximum Gasteiger partial charge on any atom is 0.132 e. The summed E-state index contributed by atoms with van der Waals surface area (Å²) in [6, 6.07) is 10.0. The maximum absolute atomic E-state index is 14.3. The molecule has 30 heavy (non-hydrogen) atoms. The molecule has 0 amide bonds. The second kappa shape index (κ2) is 9.19. The highest BCUT2D eigenvalue weighted by Gasteiger charge is 2.18. The zero-order valence-electron chi connectivity index (χ0n) is 16.2. The number of ether oxygens (including phenoxy) is 1. The molecule has 1 aromatic carbocycles. The molecule has 0 bridgehead atoms. The van der Waals surface area contributed by atoms with E-state index in [1.165, 1.54) is 18.3 Å². The summed E-state index contributed by atoms with van der Waals surface area (Å²) in [4.78, 5) is 8.58. The quantitative estimate of drug-likeness (QED) is 0.469. The highest BCUT2D eigenvalue weighted by atomic mass is 35.5. The molecule has 2 aromatic heterocycles. The summed E-state index contributed by atoms with van der Waals surface area (Å²) >= 11 is 6.03. The van der Waals surface area contributed by atoms with Crippen LogP contribution in [0.3, 0.4) is 0 Å². The first kappa shape index (κ1) is 20.3. The molecular weight excluding hydrogens is 405 g/mol. The largest absolute Gasteiger partial charge is 0.381 e. The fourth-order valence-electron chi connectivity index (χ4n) is 3.39. The van der Waals surface area contributed by atoms with Crippen LogP contribution in [-0.2, 0) is 4.74 Å². The number of benzene rings is 1. The number of nitrogens with zero attached hydrogens (tertiary/aromatic N) is 2. The Labute approximate surface area is 179 Å². The number of pyridine rings is 2. The molecule has 8 heteroatoms. The average molecular weight is 426 g/mol. The van der Waals surface area contributed by atoms with Gasteiger partial charge in [0.25, 0.3) is 0 Å². The summed E-state index contributed by atoms with van der Waals surface area (Å²) in [5, 5.41) is 15.0. The summed E-state index contributed by atoms with van der Waals surface area (Å²) in [5.74, 6) is -0.388. The molecule has 0 spiro atoms. The second-order valence-corrected chi connectivity index (χ2v) is 7.41. The van der Waals surface area contributed by atoms with Gasteiger partial charge in [0.2, 0.25) is 0 Å². The first-order valence-corrected chi connectivity index (χ1v) is 10.0. The predicted octanol–water partition coefficient (Wildman–Crippen LogP) is 5.27. The molecule has 0 radical (unpaired) electrons. The van der Waals surface area contributed by atoms with Crippen LogP contribution < -0.4 is 10.6 Å². The maximum atomic E-state index is 14.3. The van der Waals surface area contributed by atoms with Crippen molar-refractivity contribution in [3.63, 3.8) is 0 Å². The van der Waals surface area contributed by atoms with Crippen molar-refractivity contribution in [1.82, 2.24) is 9.97 Å². The number of hydrogen-bond donors (Lipinski definition) is 3. The summed E-state index contributed by atoms with van der Waals surface area (Å²) in [6.07, 6.45) is 6.27. The molecular formula is C22H21ClFN5O. The van der Waals surface area contributed by atoms with Gasteiger partial charge in [-0.15, -0.1) is 0 Å². The molecule has 4 rings (SSSR count). The van der Waals surface area contributed by atoms with Gasteiger partial charge in [0.05, 0.1) is 17.1 Å². The first-order valence-electron chi connectivity index (χ1n) is 9.66. The van der Waals surface area contributed by atoms with Crippen molar-refractivity contribution in [2.45, 2.75) is 18.9 Å². The summed E-state index contributed by atoms with van der Waals surface area (Å²) in [5.41, 5.74) is 3.62. The van der Waals surface area contributed by atoms with Crippen LogP contribution >= 0.6 is 11.6 Å². The van der Waals surface area contributed by atoms with Crippen molar-refractivity contribution < 1.29 is 9.13 Å². The van der Waals surface area contributed by atoms with E-state index in [1.54, 1.807) is 30.6 Å². The van der Waals surface area contributed by atoms with Crippen LogP contribution in [-0.4, -0.2) is 35.4 Å². The van der Waals surface area contributed by atoms with Crippen LogP contribution in [0.1, 0.15) is 18.5 Å². The standard InChI is InChI=1S/C22H21ClFN5O/c23-14-1-2-18(24)17(11-14)20-12-16(3-7-26-20)28-19-4-8-27-21(13-25)22(19)29-15-5-9-30-10-6-15/h1-4,7-8,11-13,15,25,29H,5-6,9-10H2,(H,26,27,28). The van der Waals surface area contributed by atoms with Crippen LogP contribution in [0.15, 0.2) is 48.8 Å². The van der Waals surface area contributed by atoms with E-state index in [9.17, 15) is 4.39 Å². The van der Waals surface area contributed by atoms with Crippen molar-refractivity contribution in [3.05, 3.63) is 65.3 Å². The number of halogens is 2. The molecule has 3 aromatic rings. The van der Waals surface area contributed by atoms with Gasteiger partial charge >= 0.3 is 0 Å². The van der Waals surface area contributed by atoms with Crippen molar-refractivity contribution in [1.29, 1.82) is 5.41 Å². The second-order valence-electron chi connectivity index (χ2n) is 6.97. The summed E-state index contributed by atoms with van der Waals surface area (Å²) in [7, 11) is 0. The Morgan fingerprint density at radius 2 is 1.90 bits per heavy atom. The third-order valence-corrected chi connectivity index (χ3v) is 5.17. The van der Waals surface area contributed by atoms with E-state index in [0.717, 1.165) is 29.9 Å². The third-order valence-electron chi connectivity index (χ3n) is 4.93. The molecule has 0 aliphatic carbocycles. The Hall–Kier alpha value is -3.03. The predicted molar refractivity (Wildman–Crippen MR) is 118 cm³/mol. The molecule has 1 aliphatic heterocycles. The summed E-state index contributed by atoms with van der Waals surface area (Å²) in [6.45, 7) is 1.42. The van der Waals surface area contributed by atoms with Gasteiger partial charge in [0.1, 0.15) is 11.5 Å². The Balaban J connectivity index is 1.64. The first-order chi connectivity index (χ1) is 14.6. The van der Waals surface area contributed by atoms with Gasteiger partial charge in [-0.3, -0.25) is 9.97 Å². The molecule has 0 unspecified atom stereocenters. The SMILES string of the molecule is N=Cc1nccc(Nc2ccnc(-c3cc(Cl)ccc3F)c2)c1NC1CCOCC1. The minimum Gasteiger partial charge on any atom is -0.381 e. The van der Waals surface area contributed by atoms with E-state index in [4.69, 9.17) is 21.7 Å². The molecule has 0 saturated carbocycles. The fourth-order valence-corrected chi connectivity index (χ4v) is 3.57. The lowest BCUT2D eigenvalue weighted by molar-refractivity contribution is 0.0904. The zero-order valence-corrected chi connectivity index (χ0v) is 16.9. The summed E-state index contributed by atoms with van der Waals surface area (Å²) < 4.78 is 19.7. The van der Waals surface area contributed by atoms with E-state index in [-0.39, 0.29) is 11.9 Å². The van der Waals surface area contributed by atoms with Crippen molar-refractivity contribution in [2.75, 3.05) is 23.8 Å². The Bertz CT molecular complexity index is 1060.